The number of hydrogen-bond donors (Lipinski definition) is 1. The largest absolute Gasteiger partial charge is 0.335 e. The summed E-state index contributed by atoms with van der Waals surface area (Å²) in [6.45, 7) is 12.0. The molecule has 4 rings (SSSR count). The second-order valence-electron chi connectivity index (χ2n) is 9.83. The van der Waals surface area contributed by atoms with E-state index in [1.807, 2.05) is 23.1 Å². The molecule has 0 bridgehead atoms. The molecular weight excluding hydrogens is 474 g/mol. The predicted molar refractivity (Wildman–Crippen MR) is 146 cm³/mol. The second-order valence-corrected chi connectivity index (χ2v) is 10.1. The fourth-order valence-corrected chi connectivity index (χ4v) is 5.24. The minimum absolute atomic E-state index is 0.148. The molecule has 2 fully saturated rings. The molecule has 7 nitrogen and oxygen atoms in total. The molecule has 2 saturated heterocycles. The Labute approximate surface area is 219 Å². The maximum absolute atomic E-state index is 13.5. The number of aromatic nitrogens is 1. The molecule has 1 N–H and O–H groups in total. The summed E-state index contributed by atoms with van der Waals surface area (Å²) in [6, 6.07) is 10.0. The lowest BCUT2D eigenvalue weighted by Gasteiger charge is -2.38. The number of carbonyl (C=O) groups is 2. The van der Waals surface area contributed by atoms with Crippen LogP contribution >= 0.6 is 11.6 Å². The number of carbonyl (C=O) groups excluding carboxylic acids is 2. The zero-order chi connectivity index (χ0) is 25.5. The van der Waals surface area contributed by atoms with Crippen molar-refractivity contribution in [3.05, 3.63) is 47.8 Å². The summed E-state index contributed by atoms with van der Waals surface area (Å²) < 4.78 is 0. The number of pyridine rings is 1. The molecule has 1 aromatic heterocycles. The van der Waals surface area contributed by atoms with Gasteiger partial charge in [0, 0.05) is 44.5 Å². The molecule has 3 heterocycles. The highest BCUT2D eigenvalue weighted by atomic mass is 35.5. The van der Waals surface area contributed by atoms with Crippen LogP contribution < -0.4 is 5.32 Å². The zero-order valence-electron chi connectivity index (χ0n) is 21.5. The van der Waals surface area contributed by atoms with Crippen LogP contribution in [-0.2, 0) is 11.2 Å². The number of halogens is 1. The van der Waals surface area contributed by atoms with Gasteiger partial charge in [0.2, 0.25) is 5.91 Å². The van der Waals surface area contributed by atoms with Gasteiger partial charge in [-0.1, -0.05) is 38.1 Å². The summed E-state index contributed by atoms with van der Waals surface area (Å²) in [4.78, 5) is 37.0. The second kappa shape index (κ2) is 12.7. The molecule has 2 aliphatic rings. The molecule has 0 saturated carbocycles. The molecular formula is C28H38ClN5O2. The van der Waals surface area contributed by atoms with Crippen molar-refractivity contribution in [3.63, 3.8) is 0 Å². The minimum atomic E-state index is -0.356. The molecule has 0 spiro atoms. The molecule has 2 aliphatic heterocycles. The number of alkyl halides is 1. The Morgan fingerprint density at radius 3 is 2.42 bits per heavy atom. The van der Waals surface area contributed by atoms with Crippen molar-refractivity contribution in [1.82, 2.24) is 19.7 Å². The molecule has 36 heavy (non-hydrogen) atoms. The van der Waals surface area contributed by atoms with Gasteiger partial charge in [-0.2, -0.15) is 0 Å². The molecule has 2 aromatic rings. The third-order valence-corrected chi connectivity index (χ3v) is 7.73. The highest BCUT2D eigenvalue weighted by Gasteiger charge is 2.28. The van der Waals surface area contributed by atoms with E-state index in [2.05, 4.69) is 46.1 Å². The highest BCUT2D eigenvalue weighted by molar-refractivity contribution is 6.29. The van der Waals surface area contributed by atoms with Crippen molar-refractivity contribution < 1.29 is 9.59 Å². The summed E-state index contributed by atoms with van der Waals surface area (Å²) in [7, 11) is 0. The third-order valence-electron chi connectivity index (χ3n) is 7.48. The summed E-state index contributed by atoms with van der Waals surface area (Å²) in [5.41, 5.74) is 3.75. The zero-order valence-corrected chi connectivity index (χ0v) is 22.3. The smallest absolute Gasteiger partial charge is 0.274 e. The Hall–Kier alpha value is -2.48. The summed E-state index contributed by atoms with van der Waals surface area (Å²) in [5, 5.41) is 2.79. The van der Waals surface area contributed by atoms with Crippen LogP contribution in [-0.4, -0.2) is 89.7 Å². The summed E-state index contributed by atoms with van der Waals surface area (Å²) in [5.74, 6) is 0.0577. The Kier molecular flexibility index (Phi) is 9.35. The monoisotopic (exact) mass is 511 g/mol. The van der Waals surface area contributed by atoms with Gasteiger partial charge in [0.25, 0.3) is 5.91 Å². The average molecular weight is 512 g/mol. The number of piperazine rings is 1. The van der Waals surface area contributed by atoms with Crippen LogP contribution in [0.2, 0.25) is 0 Å². The Balaban J connectivity index is 1.43. The number of likely N-dealkylation sites (tertiary alicyclic amines) is 1. The van der Waals surface area contributed by atoms with Crippen LogP contribution in [0, 0.1) is 5.92 Å². The van der Waals surface area contributed by atoms with E-state index < -0.39 is 0 Å². The van der Waals surface area contributed by atoms with Gasteiger partial charge in [-0.25, -0.2) is 4.98 Å². The number of aryl methyl sites for hydroxylation is 1. The SMILES string of the molecule is CCc1cccc(-c2cnc(C(=O)N3CCN(CC4CCN(CC)CC4)CC3)c(NC(=O)CCl)c2)c1. The fraction of sp³-hybridized carbons (Fsp3) is 0.536. The van der Waals surface area contributed by atoms with Crippen molar-refractivity contribution >= 4 is 29.1 Å². The van der Waals surface area contributed by atoms with Crippen molar-refractivity contribution in [2.24, 2.45) is 5.92 Å². The first-order valence-electron chi connectivity index (χ1n) is 13.2. The maximum atomic E-state index is 13.5. The lowest BCUT2D eigenvalue weighted by molar-refractivity contribution is -0.113. The van der Waals surface area contributed by atoms with Gasteiger partial charge in [0.05, 0.1) is 5.69 Å². The van der Waals surface area contributed by atoms with Crippen molar-refractivity contribution in [2.45, 2.75) is 33.1 Å². The van der Waals surface area contributed by atoms with Gasteiger partial charge in [0.15, 0.2) is 5.69 Å². The van der Waals surface area contributed by atoms with E-state index in [9.17, 15) is 9.59 Å². The number of piperidine rings is 1. The van der Waals surface area contributed by atoms with Crippen molar-refractivity contribution in [3.8, 4) is 11.1 Å². The highest BCUT2D eigenvalue weighted by Crippen LogP contribution is 2.27. The number of benzene rings is 1. The molecule has 0 unspecified atom stereocenters. The lowest BCUT2D eigenvalue weighted by atomic mass is 9.96. The molecule has 0 aliphatic carbocycles. The van der Waals surface area contributed by atoms with E-state index in [1.54, 1.807) is 6.20 Å². The Morgan fingerprint density at radius 2 is 1.75 bits per heavy atom. The molecule has 0 atom stereocenters. The van der Waals surface area contributed by atoms with E-state index in [0.29, 0.717) is 18.8 Å². The van der Waals surface area contributed by atoms with E-state index >= 15 is 0 Å². The van der Waals surface area contributed by atoms with Gasteiger partial charge >= 0.3 is 0 Å². The first-order chi connectivity index (χ1) is 17.5. The lowest BCUT2D eigenvalue weighted by Crippen LogP contribution is -2.50. The van der Waals surface area contributed by atoms with Crippen LogP contribution in [0.3, 0.4) is 0 Å². The summed E-state index contributed by atoms with van der Waals surface area (Å²) in [6.07, 6.45) is 5.16. The minimum Gasteiger partial charge on any atom is -0.335 e. The van der Waals surface area contributed by atoms with Crippen molar-refractivity contribution in [2.75, 3.05) is 63.6 Å². The first-order valence-corrected chi connectivity index (χ1v) is 13.7. The van der Waals surface area contributed by atoms with E-state index in [4.69, 9.17) is 11.6 Å². The van der Waals surface area contributed by atoms with E-state index in [-0.39, 0.29) is 23.4 Å². The van der Waals surface area contributed by atoms with E-state index in [1.165, 1.54) is 31.5 Å². The number of nitrogens with zero attached hydrogens (tertiary/aromatic N) is 4. The van der Waals surface area contributed by atoms with Crippen LogP contribution in [0.25, 0.3) is 11.1 Å². The normalized spacial score (nSPS) is 17.8. The van der Waals surface area contributed by atoms with Crippen LogP contribution in [0.1, 0.15) is 42.7 Å². The molecule has 8 heteroatoms. The third kappa shape index (κ3) is 6.64. The Bertz CT molecular complexity index is 1050. The van der Waals surface area contributed by atoms with Crippen LogP contribution in [0.4, 0.5) is 5.69 Å². The first kappa shape index (κ1) is 26.6. The molecule has 2 amide bonds. The van der Waals surface area contributed by atoms with Crippen molar-refractivity contribution in [1.29, 1.82) is 0 Å². The standard InChI is InChI=1S/C28H38ClN5O2/c1-3-21-6-5-7-23(16-21)24-17-25(31-26(35)18-29)27(30-19-24)28(36)34-14-12-33(13-15-34)20-22-8-10-32(4-2)11-9-22/h5-7,16-17,19,22H,3-4,8-15,18,20H2,1-2H3,(H,31,35). The number of nitrogens with one attached hydrogen (secondary N) is 1. The number of amides is 2. The van der Waals surface area contributed by atoms with Gasteiger partial charge in [-0.05, 0) is 62.0 Å². The predicted octanol–water partition coefficient (Wildman–Crippen LogP) is 3.98. The average Bonchev–Trinajstić information content (AvgIpc) is 2.93. The number of rotatable bonds is 8. The van der Waals surface area contributed by atoms with Gasteiger partial charge in [-0.3, -0.25) is 14.5 Å². The maximum Gasteiger partial charge on any atom is 0.274 e. The van der Waals surface area contributed by atoms with Gasteiger partial charge in [0.1, 0.15) is 5.88 Å². The van der Waals surface area contributed by atoms with Crippen LogP contribution in [0.5, 0.6) is 0 Å². The number of hydrogen-bond acceptors (Lipinski definition) is 5. The van der Waals surface area contributed by atoms with Crippen LogP contribution in [0.15, 0.2) is 36.5 Å². The quantitative estimate of drug-likeness (QED) is 0.543. The Morgan fingerprint density at radius 1 is 1.00 bits per heavy atom. The van der Waals surface area contributed by atoms with Gasteiger partial charge < -0.3 is 15.1 Å². The molecule has 1 aromatic carbocycles. The number of anilines is 1. The van der Waals surface area contributed by atoms with E-state index in [0.717, 1.165) is 49.6 Å². The molecule has 0 radical (unpaired) electrons. The fourth-order valence-electron chi connectivity index (χ4n) is 5.18. The molecule has 194 valence electrons. The topological polar surface area (TPSA) is 68.8 Å². The van der Waals surface area contributed by atoms with Gasteiger partial charge in [-0.15, -0.1) is 11.6 Å². The summed E-state index contributed by atoms with van der Waals surface area (Å²) >= 11 is 5.76.